The van der Waals surface area contributed by atoms with Gasteiger partial charge in [-0.25, -0.2) is 17.2 Å². The van der Waals surface area contributed by atoms with Crippen LogP contribution in [0.1, 0.15) is 51.6 Å². The molecule has 1 amide bonds. The maximum Gasteiger partial charge on any atom is 0.257 e. The molecule has 0 heterocycles. The molecule has 0 aromatic heterocycles. The van der Waals surface area contributed by atoms with E-state index in [-0.39, 0.29) is 16.4 Å². The number of carbonyl (C=O) groups excluding carboxylic acids is 2. The minimum Gasteiger partial charge on any atom is -0.321 e. The van der Waals surface area contributed by atoms with Gasteiger partial charge < -0.3 is 5.32 Å². The molecule has 0 saturated heterocycles. The van der Waals surface area contributed by atoms with E-state index in [0.29, 0.717) is 0 Å². The highest BCUT2D eigenvalue weighted by atomic mass is 32.2. The molecular weight excluding hydrogens is 426 g/mol. The van der Waals surface area contributed by atoms with Gasteiger partial charge in [0.25, 0.3) is 5.91 Å². The predicted molar refractivity (Wildman–Crippen MR) is 108 cm³/mol. The van der Waals surface area contributed by atoms with Crippen molar-refractivity contribution in [2.75, 3.05) is 11.6 Å². The van der Waals surface area contributed by atoms with Gasteiger partial charge in [-0.1, -0.05) is 11.8 Å². The second kappa shape index (κ2) is 8.29. The van der Waals surface area contributed by atoms with Crippen LogP contribution in [0.5, 0.6) is 0 Å². The molecule has 0 atom stereocenters. The molecule has 3 rings (SSSR count). The molecule has 6 nitrogen and oxygen atoms in total. The van der Waals surface area contributed by atoms with Gasteiger partial charge in [0.15, 0.2) is 21.4 Å². The zero-order valence-electron chi connectivity index (χ0n) is 16.5. The van der Waals surface area contributed by atoms with E-state index in [9.17, 15) is 26.8 Å². The fraction of sp³-hybridized carbons (Fsp3) is 0.227. The Balaban J connectivity index is 2.09. The zero-order valence-corrected chi connectivity index (χ0v) is 17.4. The fourth-order valence-corrected chi connectivity index (χ4v) is 3.73. The molecule has 9 heteroatoms. The van der Waals surface area contributed by atoms with E-state index in [1.165, 1.54) is 6.07 Å². The summed E-state index contributed by atoms with van der Waals surface area (Å²) >= 11 is 0. The van der Waals surface area contributed by atoms with Crippen molar-refractivity contribution >= 4 is 27.2 Å². The summed E-state index contributed by atoms with van der Waals surface area (Å²) in [5.41, 5.74) is -2.00. The first-order valence-corrected chi connectivity index (χ1v) is 11.0. The van der Waals surface area contributed by atoms with Crippen molar-refractivity contribution in [3.05, 3.63) is 58.2 Å². The van der Waals surface area contributed by atoms with Crippen molar-refractivity contribution in [3.63, 3.8) is 0 Å². The lowest BCUT2D eigenvalue weighted by Crippen LogP contribution is -2.19. The quantitative estimate of drug-likeness (QED) is 0.577. The van der Waals surface area contributed by atoms with E-state index < -0.39 is 55.5 Å². The third-order valence-corrected chi connectivity index (χ3v) is 5.70. The van der Waals surface area contributed by atoms with Gasteiger partial charge in [-0.3, -0.25) is 9.59 Å². The van der Waals surface area contributed by atoms with E-state index >= 15 is 0 Å². The lowest BCUT2D eigenvalue weighted by atomic mass is 10.0. The first-order valence-electron chi connectivity index (χ1n) is 9.13. The van der Waals surface area contributed by atoms with E-state index in [1.54, 1.807) is 6.07 Å². The average Bonchev–Trinajstić information content (AvgIpc) is 3.50. The van der Waals surface area contributed by atoms with E-state index in [2.05, 4.69) is 17.2 Å². The Labute approximate surface area is 177 Å². The van der Waals surface area contributed by atoms with Gasteiger partial charge in [-0.2, -0.15) is 5.26 Å². The summed E-state index contributed by atoms with van der Waals surface area (Å²) in [6.45, 7) is 1.04. The molecule has 2 aromatic rings. The number of sulfone groups is 1. The standard InChI is InChI=1S/C22H16F2N2O4S/c1-12(27)20-18(10-17(23)15(21(20)24)7-5-13-3-4-13)26-22(28)16-9-14(11-25)6-8-19(16)31(2,29)30/h6,8-10,13H,3-4H2,1-2H3,(H,26,28). The fourth-order valence-electron chi connectivity index (χ4n) is 2.87. The summed E-state index contributed by atoms with van der Waals surface area (Å²) < 4.78 is 53.5. The highest BCUT2D eigenvalue weighted by Crippen LogP contribution is 2.30. The molecule has 0 spiro atoms. The molecule has 1 saturated carbocycles. The molecule has 158 valence electrons. The maximum atomic E-state index is 14.9. The highest BCUT2D eigenvalue weighted by Gasteiger charge is 2.25. The van der Waals surface area contributed by atoms with Crippen molar-refractivity contribution in [2.24, 2.45) is 5.92 Å². The van der Waals surface area contributed by atoms with Gasteiger partial charge in [-0.15, -0.1) is 0 Å². The number of amides is 1. The molecule has 2 aromatic carbocycles. The lowest BCUT2D eigenvalue weighted by Gasteiger charge is -2.14. The Kier molecular flexibility index (Phi) is 5.92. The van der Waals surface area contributed by atoms with Crippen LogP contribution in [0.2, 0.25) is 0 Å². The van der Waals surface area contributed by atoms with Crippen LogP contribution in [-0.2, 0) is 9.84 Å². The number of nitrogens with one attached hydrogen (secondary N) is 1. The third-order valence-electron chi connectivity index (χ3n) is 4.55. The van der Waals surface area contributed by atoms with Crippen molar-refractivity contribution in [1.82, 2.24) is 0 Å². The molecule has 0 radical (unpaired) electrons. The number of Topliss-reactive ketones (excluding diaryl/α,β-unsaturated/α-hetero) is 1. The molecule has 1 N–H and O–H groups in total. The average molecular weight is 442 g/mol. The Morgan fingerprint density at radius 2 is 1.87 bits per heavy atom. The van der Waals surface area contributed by atoms with Gasteiger partial charge in [0.1, 0.15) is 5.82 Å². The van der Waals surface area contributed by atoms with Crippen LogP contribution >= 0.6 is 0 Å². The van der Waals surface area contributed by atoms with Crippen LogP contribution in [0.3, 0.4) is 0 Å². The number of benzene rings is 2. The van der Waals surface area contributed by atoms with Crippen LogP contribution in [0.25, 0.3) is 0 Å². The first kappa shape index (κ1) is 22.1. The molecule has 0 aliphatic heterocycles. The van der Waals surface area contributed by atoms with Crippen molar-refractivity contribution in [1.29, 1.82) is 5.26 Å². The molecular formula is C22H16F2N2O4S. The molecule has 31 heavy (non-hydrogen) atoms. The maximum absolute atomic E-state index is 14.9. The number of hydrogen-bond acceptors (Lipinski definition) is 5. The Morgan fingerprint density at radius 1 is 1.19 bits per heavy atom. The van der Waals surface area contributed by atoms with Gasteiger partial charge in [0.05, 0.1) is 38.9 Å². The van der Waals surface area contributed by atoms with Gasteiger partial charge in [-0.05, 0) is 44.0 Å². The number of nitrogens with zero attached hydrogens (tertiary/aromatic N) is 1. The normalized spacial score (nSPS) is 13.0. The van der Waals surface area contributed by atoms with Crippen molar-refractivity contribution in [2.45, 2.75) is 24.7 Å². The number of rotatable bonds is 4. The van der Waals surface area contributed by atoms with Gasteiger partial charge in [0, 0.05) is 12.2 Å². The molecule has 0 unspecified atom stereocenters. The summed E-state index contributed by atoms with van der Waals surface area (Å²) in [7, 11) is -3.86. The van der Waals surface area contributed by atoms with Crippen LogP contribution in [0.4, 0.5) is 14.5 Å². The SMILES string of the molecule is CC(=O)c1c(NC(=O)c2cc(C#N)ccc2S(C)(=O)=O)cc(F)c(C#CC2CC2)c1F. The van der Waals surface area contributed by atoms with Gasteiger partial charge in [0.2, 0.25) is 0 Å². The number of hydrogen-bond donors (Lipinski definition) is 1. The second-order valence-corrected chi connectivity index (χ2v) is 9.10. The van der Waals surface area contributed by atoms with Crippen LogP contribution in [-0.4, -0.2) is 26.4 Å². The number of ketones is 1. The topological polar surface area (TPSA) is 104 Å². The highest BCUT2D eigenvalue weighted by molar-refractivity contribution is 7.90. The molecule has 0 bridgehead atoms. The monoisotopic (exact) mass is 442 g/mol. The van der Waals surface area contributed by atoms with Crippen LogP contribution in [0.15, 0.2) is 29.2 Å². The van der Waals surface area contributed by atoms with E-state index in [0.717, 1.165) is 44.2 Å². The zero-order chi connectivity index (χ0) is 22.9. The summed E-state index contributed by atoms with van der Waals surface area (Å²) in [5.74, 6) is 1.10. The summed E-state index contributed by atoms with van der Waals surface area (Å²) in [6, 6.07) is 5.91. The summed E-state index contributed by atoms with van der Waals surface area (Å²) in [6.07, 6.45) is 2.56. The smallest absolute Gasteiger partial charge is 0.257 e. The minimum absolute atomic E-state index is 0.00685. The van der Waals surface area contributed by atoms with Crippen LogP contribution < -0.4 is 5.32 Å². The summed E-state index contributed by atoms with van der Waals surface area (Å²) in [5, 5.41) is 11.2. The largest absolute Gasteiger partial charge is 0.321 e. The number of nitriles is 1. The van der Waals surface area contributed by atoms with Crippen LogP contribution in [0, 0.1) is 40.7 Å². The minimum atomic E-state index is -3.86. The van der Waals surface area contributed by atoms with Crippen molar-refractivity contribution in [3.8, 4) is 17.9 Å². The third kappa shape index (κ3) is 4.79. The summed E-state index contributed by atoms with van der Waals surface area (Å²) in [4.78, 5) is 24.5. The lowest BCUT2D eigenvalue weighted by molar-refractivity contribution is 0.101. The Morgan fingerprint density at radius 3 is 2.42 bits per heavy atom. The number of anilines is 1. The second-order valence-electron chi connectivity index (χ2n) is 7.12. The molecule has 1 aliphatic carbocycles. The Hall–Kier alpha value is -3.56. The van der Waals surface area contributed by atoms with Crippen molar-refractivity contribution < 1.29 is 26.8 Å². The van der Waals surface area contributed by atoms with E-state index in [1.807, 2.05) is 0 Å². The first-order chi connectivity index (χ1) is 14.5. The number of halogens is 2. The number of carbonyl (C=O) groups is 2. The van der Waals surface area contributed by atoms with Gasteiger partial charge >= 0.3 is 0 Å². The van der Waals surface area contributed by atoms with E-state index in [4.69, 9.17) is 5.26 Å². The molecule has 1 aliphatic rings. The molecule has 1 fully saturated rings. The Bertz CT molecular complexity index is 1330. The predicted octanol–water partition coefficient (Wildman–Crippen LogP) is 3.46.